The van der Waals surface area contributed by atoms with Crippen LogP contribution in [-0.2, 0) is 17.3 Å². The van der Waals surface area contributed by atoms with E-state index >= 15 is 0 Å². The Morgan fingerprint density at radius 2 is 2.15 bits per heavy atom. The zero-order valence-corrected chi connectivity index (χ0v) is 10.8. The van der Waals surface area contributed by atoms with Gasteiger partial charge in [0.05, 0.1) is 29.3 Å². The maximum absolute atomic E-state index is 12.7. The molecule has 2 fully saturated rings. The summed E-state index contributed by atoms with van der Waals surface area (Å²) < 4.78 is 43.9. The fourth-order valence-corrected chi connectivity index (χ4v) is 3.37. The smallest absolute Gasteiger partial charge is 0.373 e. The summed E-state index contributed by atoms with van der Waals surface area (Å²) in [4.78, 5) is 0. The molecule has 1 aromatic carbocycles. The van der Waals surface area contributed by atoms with Gasteiger partial charge >= 0.3 is 6.18 Å². The summed E-state index contributed by atoms with van der Waals surface area (Å²) in [7, 11) is 0. The van der Waals surface area contributed by atoms with Crippen molar-refractivity contribution in [1.82, 2.24) is 0 Å². The largest absolute Gasteiger partial charge is 0.416 e. The first kappa shape index (κ1) is 13.4. The Morgan fingerprint density at radius 1 is 1.35 bits per heavy atom. The van der Waals surface area contributed by atoms with Gasteiger partial charge in [0.1, 0.15) is 0 Å². The van der Waals surface area contributed by atoms with Crippen LogP contribution in [-0.4, -0.2) is 12.2 Å². The Labute approximate surface area is 115 Å². The van der Waals surface area contributed by atoms with Gasteiger partial charge in [-0.25, -0.2) is 0 Å². The zero-order chi connectivity index (χ0) is 14.4. The first-order chi connectivity index (χ1) is 9.43. The molecular formula is C15H14F3NO. The molecule has 2 heterocycles. The lowest BCUT2D eigenvalue weighted by Crippen LogP contribution is -2.33. The number of rotatable bonds is 2. The van der Waals surface area contributed by atoms with E-state index in [1.807, 2.05) is 0 Å². The third kappa shape index (κ3) is 2.18. The molecule has 106 valence electrons. The summed E-state index contributed by atoms with van der Waals surface area (Å²) >= 11 is 0. The van der Waals surface area contributed by atoms with Crippen molar-refractivity contribution >= 4 is 0 Å². The lowest BCUT2D eigenvalue weighted by molar-refractivity contribution is -0.137. The van der Waals surface area contributed by atoms with Crippen molar-refractivity contribution in [2.75, 3.05) is 0 Å². The molecule has 0 aromatic heterocycles. The molecule has 2 saturated heterocycles. The molecule has 0 spiro atoms. The number of alkyl halides is 3. The van der Waals surface area contributed by atoms with Crippen LogP contribution in [0.15, 0.2) is 24.3 Å². The molecule has 3 atom stereocenters. The van der Waals surface area contributed by atoms with Gasteiger partial charge in [-0.3, -0.25) is 0 Å². The van der Waals surface area contributed by atoms with Gasteiger partial charge in [-0.05, 0) is 37.3 Å². The number of halogens is 3. The molecule has 20 heavy (non-hydrogen) atoms. The van der Waals surface area contributed by atoms with E-state index in [-0.39, 0.29) is 12.2 Å². The van der Waals surface area contributed by atoms with Crippen LogP contribution in [0.25, 0.3) is 0 Å². The van der Waals surface area contributed by atoms with E-state index in [0.717, 1.165) is 25.0 Å². The van der Waals surface area contributed by atoms with Crippen LogP contribution in [0.1, 0.15) is 30.4 Å². The van der Waals surface area contributed by atoms with Crippen LogP contribution in [0.4, 0.5) is 13.2 Å². The highest BCUT2D eigenvalue weighted by atomic mass is 19.4. The van der Waals surface area contributed by atoms with Crippen LogP contribution >= 0.6 is 0 Å². The number of hydrogen-bond acceptors (Lipinski definition) is 2. The summed E-state index contributed by atoms with van der Waals surface area (Å²) in [5.41, 5.74) is -0.766. The number of nitriles is 1. The molecule has 0 N–H and O–H groups in total. The van der Waals surface area contributed by atoms with E-state index in [1.54, 1.807) is 6.07 Å². The Hall–Kier alpha value is -1.54. The van der Waals surface area contributed by atoms with Crippen molar-refractivity contribution in [3.8, 4) is 6.07 Å². The molecule has 3 rings (SSSR count). The monoisotopic (exact) mass is 281 g/mol. The van der Waals surface area contributed by atoms with Gasteiger partial charge in [-0.2, -0.15) is 18.4 Å². The van der Waals surface area contributed by atoms with Gasteiger partial charge in [0.2, 0.25) is 0 Å². The fraction of sp³-hybridized carbons (Fsp3) is 0.533. The van der Waals surface area contributed by atoms with Crippen LogP contribution in [0.2, 0.25) is 0 Å². The molecule has 0 saturated carbocycles. The minimum absolute atomic E-state index is 0.102. The predicted molar refractivity (Wildman–Crippen MR) is 65.7 cm³/mol. The Kier molecular flexibility index (Phi) is 3.02. The van der Waals surface area contributed by atoms with Crippen LogP contribution in [0.5, 0.6) is 0 Å². The highest BCUT2D eigenvalue weighted by Gasteiger charge is 2.52. The molecule has 2 nitrogen and oxygen atoms in total. The van der Waals surface area contributed by atoms with Crippen LogP contribution in [0, 0.1) is 16.7 Å². The average molecular weight is 281 g/mol. The van der Waals surface area contributed by atoms with Gasteiger partial charge in [-0.15, -0.1) is 0 Å². The van der Waals surface area contributed by atoms with Gasteiger partial charge in [0.25, 0.3) is 0 Å². The Morgan fingerprint density at radius 3 is 2.70 bits per heavy atom. The SMILES string of the molecule is N#CC1(Cc2cccc(C(F)(F)F)c2)CC2CCC1O2. The Balaban J connectivity index is 1.86. The topological polar surface area (TPSA) is 33.0 Å². The van der Waals surface area contributed by atoms with Gasteiger partial charge in [0, 0.05) is 0 Å². The molecule has 0 amide bonds. The second kappa shape index (κ2) is 4.49. The van der Waals surface area contributed by atoms with Crippen LogP contribution < -0.4 is 0 Å². The number of benzene rings is 1. The highest BCUT2D eigenvalue weighted by Crippen LogP contribution is 2.49. The number of fused-ring (bicyclic) bond motifs is 2. The predicted octanol–water partition coefficient (Wildman–Crippen LogP) is 3.71. The quantitative estimate of drug-likeness (QED) is 0.828. The second-order valence-corrected chi connectivity index (χ2v) is 5.67. The van der Waals surface area contributed by atoms with E-state index in [4.69, 9.17) is 4.74 Å². The van der Waals surface area contributed by atoms with Gasteiger partial charge in [0.15, 0.2) is 0 Å². The highest BCUT2D eigenvalue weighted by molar-refractivity contribution is 5.29. The van der Waals surface area contributed by atoms with Crippen molar-refractivity contribution in [2.45, 2.75) is 44.1 Å². The third-order valence-corrected chi connectivity index (χ3v) is 4.31. The zero-order valence-electron chi connectivity index (χ0n) is 10.8. The maximum atomic E-state index is 12.7. The number of hydrogen-bond donors (Lipinski definition) is 0. The minimum atomic E-state index is -4.35. The van der Waals surface area contributed by atoms with E-state index < -0.39 is 17.2 Å². The average Bonchev–Trinajstić information content (AvgIpc) is 2.99. The molecule has 5 heteroatoms. The lowest BCUT2D eigenvalue weighted by Gasteiger charge is -2.28. The molecule has 1 aromatic rings. The number of nitrogens with zero attached hydrogens (tertiary/aromatic N) is 1. The summed E-state index contributed by atoms with van der Waals surface area (Å²) in [6.07, 6.45) is -1.63. The molecule has 0 radical (unpaired) electrons. The molecule has 2 aliphatic rings. The molecule has 2 aliphatic heterocycles. The van der Waals surface area contributed by atoms with E-state index in [0.29, 0.717) is 18.4 Å². The molecule has 3 unspecified atom stereocenters. The van der Waals surface area contributed by atoms with Crippen LogP contribution in [0.3, 0.4) is 0 Å². The van der Waals surface area contributed by atoms with Crippen molar-refractivity contribution < 1.29 is 17.9 Å². The molecular weight excluding hydrogens is 267 g/mol. The number of ether oxygens (including phenoxy) is 1. The second-order valence-electron chi connectivity index (χ2n) is 5.67. The minimum Gasteiger partial charge on any atom is -0.373 e. The lowest BCUT2D eigenvalue weighted by atomic mass is 9.71. The van der Waals surface area contributed by atoms with E-state index in [9.17, 15) is 18.4 Å². The molecule has 0 aliphatic carbocycles. The first-order valence-corrected chi connectivity index (χ1v) is 6.66. The third-order valence-electron chi connectivity index (χ3n) is 4.31. The van der Waals surface area contributed by atoms with Crippen molar-refractivity contribution in [3.63, 3.8) is 0 Å². The van der Waals surface area contributed by atoms with Gasteiger partial charge in [-0.1, -0.05) is 18.2 Å². The van der Waals surface area contributed by atoms with E-state index in [1.165, 1.54) is 6.07 Å². The first-order valence-electron chi connectivity index (χ1n) is 6.66. The standard InChI is InChI=1S/C15H14F3NO/c16-15(17,18)11-3-1-2-10(6-11)7-14(9-19)8-12-4-5-13(14)20-12/h1-3,6,12-13H,4-5,7-8H2. The summed E-state index contributed by atoms with van der Waals surface area (Å²) in [5, 5.41) is 9.48. The summed E-state index contributed by atoms with van der Waals surface area (Å²) in [5.74, 6) is 0. The van der Waals surface area contributed by atoms with Crippen molar-refractivity contribution in [3.05, 3.63) is 35.4 Å². The normalized spacial score (nSPS) is 32.3. The van der Waals surface area contributed by atoms with Crippen molar-refractivity contribution in [2.24, 2.45) is 5.41 Å². The maximum Gasteiger partial charge on any atom is 0.416 e. The fourth-order valence-electron chi connectivity index (χ4n) is 3.37. The summed E-state index contributed by atoms with van der Waals surface area (Å²) in [6.45, 7) is 0. The van der Waals surface area contributed by atoms with E-state index in [2.05, 4.69) is 6.07 Å². The van der Waals surface area contributed by atoms with Gasteiger partial charge < -0.3 is 4.74 Å². The van der Waals surface area contributed by atoms with Crippen molar-refractivity contribution in [1.29, 1.82) is 5.26 Å². The Bertz CT molecular complexity index is 563. The summed E-state index contributed by atoms with van der Waals surface area (Å²) in [6, 6.07) is 7.56. The molecule has 2 bridgehead atoms.